The Hall–Kier alpha value is -2.77. The molecule has 0 saturated carbocycles. The van der Waals surface area contributed by atoms with Crippen molar-refractivity contribution in [1.82, 2.24) is 19.7 Å². The summed E-state index contributed by atoms with van der Waals surface area (Å²) in [4.78, 5) is 29.7. The van der Waals surface area contributed by atoms with Crippen LogP contribution in [0.4, 0.5) is 10.5 Å². The summed E-state index contributed by atoms with van der Waals surface area (Å²) in [7, 11) is 3.29. The molecule has 0 aromatic carbocycles. The van der Waals surface area contributed by atoms with Crippen molar-refractivity contribution in [1.29, 1.82) is 0 Å². The third-order valence-corrected chi connectivity index (χ3v) is 3.75. The lowest BCUT2D eigenvalue weighted by Crippen LogP contribution is -2.40. The number of aryl methyl sites for hydroxylation is 1. The molecule has 1 aliphatic heterocycles. The summed E-state index contributed by atoms with van der Waals surface area (Å²) in [5.41, 5.74) is 2.15. The summed E-state index contributed by atoms with van der Waals surface area (Å²) in [5.74, 6) is 0.437. The zero-order valence-corrected chi connectivity index (χ0v) is 12.4. The maximum absolute atomic E-state index is 12.4. The summed E-state index contributed by atoms with van der Waals surface area (Å²) in [6.07, 6.45) is 2.12. The molecule has 1 aliphatic rings. The molecule has 2 aromatic rings. The van der Waals surface area contributed by atoms with E-state index in [1.54, 1.807) is 35.0 Å². The van der Waals surface area contributed by atoms with Crippen molar-refractivity contribution in [3.05, 3.63) is 39.9 Å². The lowest BCUT2D eigenvalue weighted by molar-refractivity contribution is 0.204. The third kappa shape index (κ3) is 2.54. The molecular weight excluding hydrogens is 286 g/mol. The molecule has 0 aliphatic carbocycles. The van der Waals surface area contributed by atoms with Crippen LogP contribution in [0.1, 0.15) is 11.3 Å². The molecule has 3 heterocycles. The minimum absolute atomic E-state index is 0.0728. The van der Waals surface area contributed by atoms with Gasteiger partial charge in [-0.2, -0.15) is 0 Å². The number of carbonyl (C=O) groups excluding carboxylic acids is 1. The molecule has 0 unspecified atom stereocenters. The van der Waals surface area contributed by atoms with Crippen LogP contribution in [0.3, 0.4) is 0 Å². The number of nitrogens with one attached hydrogen (secondary N) is 2. The molecule has 8 nitrogen and oxygen atoms in total. The van der Waals surface area contributed by atoms with Gasteiger partial charge >= 0.3 is 6.03 Å². The van der Waals surface area contributed by atoms with Crippen LogP contribution in [0.15, 0.2) is 23.1 Å². The van der Waals surface area contributed by atoms with Crippen LogP contribution in [0.5, 0.6) is 5.88 Å². The molecule has 0 radical (unpaired) electrons. The zero-order chi connectivity index (χ0) is 15.7. The first-order chi connectivity index (χ1) is 10.6. The van der Waals surface area contributed by atoms with Crippen molar-refractivity contribution < 1.29 is 9.53 Å². The first kappa shape index (κ1) is 14.2. The Labute approximate surface area is 126 Å². The second-order valence-corrected chi connectivity index (χ2v) is 5.11. The summed E-state index contributed by atoms with van der Waals surface area (Å²) < 4.78 is 6.70. The van der Waals surface area contributed by atoms with Crippen molar-refractivity contribution in [2.45, 2.75) is 13.0 Å². The number of nitrogens with zero attached hydrogens (tertiary/aromatic N) is 3. The number of aromatic amines is 1. The Morgan fingerprint density at radius 2 is 2.32 bits per heavy atom. The number of anilines is 1. The van der Waals surface area contributed by atoms with Gasteiger partial charge in [-0.25, -0.2) is 9.78 Å². The van der Waals surface area contributed by atoms with Crippen molar-refractivity contribution >= 4 is 11.7 Å². The SMILES string of the molecule is COc1cc(NC(=O)N2CCc3c(n(C)[nH]c3=O)C2)ccn1. The van der Waals surface area contributed by atoms with E-state index in [4.69, 9.17) is 4.74 Å². The second kappa shape index (κ2) is 5.55. The fourth-order valence-electron chi connectivity index (χ4n) is 2.56. The monoisotopic (exact) mass is 303 g/mol. The molecule has 2 aromatic heterocycles. The number of methoxy groups -OCH3 is 1. The molecule has 3 rings (SSSR count). The van der Waals surface area contributed by atoms with E-state index in [0.717, 1.165) is 11.3 Å². The predicted octanol–water partition coefficient (Wildman–Crippen LogP) is 0.707. The molecule has 0 saturated heterocycles. The number of hydrogen-bond donors (Lipinski definition) is 2. The van der Waals surface area contributed by atoms with Gasteiger partial charge in [0.15, 0.2) is 0 Å². The largest absolute Gasteiger partial charge is 0.481 e. The lowest BCUT2D eigenvalue weighted by atomic mass is 10.1. The summed E-state index contributed by atoms with van der Waals surface area (Å²) in [6.45, 7) is 0.909. The van der Waals surface area contributed by atoms with Crippen LogP contribution >= 0.6 is 0 Å². The molecule has 2 N–H and O–H groups in total. The van der Waals surface area contributed by atoms with Gasteiger partial charge in [0.25, 0.3) is 5.56 Å². The number of fused-ring (bicyclic) bond motifs is 1. The molecule has 2 amide bonds. The molecule has 0 spiro atoms. The Bertz CT molecular complexity index is 764. The van der Waals surface area contributed by atoms with Gasteiger partial charge in [-0.05, 0) is 12.5 Å². The van der Waals surface area contributed by atoms with Gasteiger partial charge < -0.3 is 15.0 Å². The van der Waals surface area contributed by atoms with Gasteiger partial charge in [0.2, 0.25) is 5.88 Å². The van der Waals surface area contributed by atoms with E-state index in [-0.39, 0.29) is 11.6 Å². The summed E-state index contributed by atoms with van der Waals surface area (Å²) in [5, 5.41) is 5.53. The second-order valence-electron chi connectivity index (χ2n) is 5.11. The maximum Gasteiger partial charge on any atom is 0.322 e. The Morgan fingerprint density at radius 1 is 1.50 bits per heavy atom. The fraction of sp³-hybridized carbons (Fsp3) is 0.357. The molecule has 8 heteroatoms. The van der Waals surface area contributed by atoms with Gasteiger partial charge in [0.1, 0.15) is 0 Å². The van der Waals surface area contributed by atoms with Crippen LogP contribution in [0.2, 0.25) is 0 Å². The highest BCUT2D eigenvalue weighted by Crippen LogP contribution is 2.18. The van der Waals surface area contributed by atoms with E-state index in [2.05, 4.69) is 15.4 Å². The standard InChI is InChI=1S/C14H17N5O3/c1-18-11-8-19(6-4-10(11)13(20)17-18)14(21)16-9-3-5-15-12(7-9)22-2/h3,5,7H,4,6,8H2,1-2H3,(H,17,20)(H,15,16,21). The topological polar surface area (TPSA) is 92.2 Å². The van der Waals surface area contributed by atoms with E-state index < -0.39 is 0 Å². The highest BCUT2D eigenvalue weighted by molar-refractivity contribution is 5.89. The van der Waals surface area contributed by atoms with Gasteiger partial charge in [-0.1, -0.05) is 0 Å². The van der Waals surface area contributed by atoms with Crippen LogP contribution in [0, 0.1) is 0 Å². The molecule has 116 valence electrons. The number of rotatable bonds is 2. The highest BCUT2D eigenvalue weighted by Gasteiger charge is 2.25. The number of hydrogen-bond acceptors (Lipinski definition) is 4. The van der Waals surface area contributed by atoms with E-state index in [1.165, 1.54) is 7.11 Å². The predicted molar refractivity (Wildman–Crippen MR) is 80.0 cm³/mol. The van der Waals surface area contributed by atoms with E-state index in [1.807, 2.05) is 0 Å². The number of carbonyl (C=O) groups is 1. The van der Waals surface area contributed by atoms with Crippen molar-refractivity contribution in [2.24, 2.45) is 7.05 Å². The number of pyridine rings is 1. The van der Waals surface area contributed by atoms with E-state index >= 15 is 0 Å². The normalized spacial score (nSPS) is 13.6. The number of urea groups is 1. The Balaban J connectivity index is 1.74. The first-order valence-electron chi connectivity index (χ1n) is 6.91. The average molecular weight is 303 g/mol. The minimum atomic E-state index is -0.215. The number of ether oxygens (including phenoxy) is 1. The molecule has 0 atom stereocenters. The van der Waals surface area contributed by atoms with Crippen molar-refractivity contribution in [2.75, 3.05) is 19.0 Å². The summed E-state index contributed by atoms with van der Waals surface area (Å²) in [6, 6.07) is 3.13. The van der Waals surface area contributed by atoms with Gasteiger partial charge in [-0.3, -0.25) is 14.6 Å². The smallest absolute Gasteiger partial charge is 0.322 e. The van der Waals surface area contributed by atoms with Crippen molar-refractivity contribution in [3.63, 3.8) is 0 Å². The first-order valence-corrected chi connectivity index (χ1v) is 6.91. The highest BCUT2D eigenvalue weighted by atomic mass is 16.5. The zero-order valence-electron chi connectivity index (χ0n) is 12.4. The average Bonchev–Trinajstić information content (AvgIpc) is 2.81. The molecule has 0 fully saturated rings. The quantitative estimate of drug-likeness (QED) is 0.854. The van der Waals surface area contributed by atoms with Gasteiger partial charge in [-0.15, -0.1) is 0 Å². The van der Waals surface area contributed by atoms with Gasteiger partial charge in [0.05, 0.1) is 19.3 Å². The van der Waals surface area contributed by atoms with Crippen molar-refractivity contribution in [3.8, 4) is 5.88 Å². The molecular formula is C14H17N5O3. The van der Waals surface area contributed by atoms with Crippen LogP contribution in [-0.4, -0.2) is 39.4 Å². The Morgan fingerprint density at radius 3 is 3.09 bits per heavy atom. The molecule has 22 heavy (non-hydrogen) atoms. The number of aromatic nitrogens is 3. The van der Waals surface area contributed by atoms with Gasteiger partial charge in [0, 0.05) is 37.1 Å². The number of H-pyrrole nitrogens is 1. The third-order valence-electron chi connectivity index (χ3n) is 3.75. The van der Waals surface area contributed by atoms with Crippen LogP contribution in [-0.2, 0) is 20.0 Å². The molecule has 0 bridgehead atoms. The Kier molecular flexibility index (Phi) is 3.58. The van der Waals surface area contributed by atoms with E-state index in [0.29, 0.717) is 31.1 Å². The van der Waals surface area contributed by atoms with Crippen LogP contribution < -0.4 is 15.6 Å². The van der Waals surface area contributed by atoms with Crippen LogP contribution in [0.25, 0.3) is 0 Å². The summed E-state index contributed by atoms with van der Waals surface area (Å²) >= 11 is 0. The number of amides is 2. The fourth-order valence-corrected chi connectivity index (χ4v) is 2.56. The minimum Gasteiger partial charge on any atom is -0.481 e. The lowest BCUT2D eigenvalue weighted by Gasteiger charge is -2.27. The van der Waals surface area contributed by atoms with E-state index in [9.17, 15) is 9.59 Å². The maximum atomic E-state index is 12.4.